The maximum atomic E-state index is 11.3. The predicted molar refractivity (Wildman–Crippen MR) is 83.1 cm³/mol. The van der Waals surface area contributed by atoms with E-state index >= 15 is 0 Å². The average molecular weight is 273 g/mol. The lowest BCUT2D eigenvalue weighted by molar-refractivity contribution is 0.254. The lowest BCUT2D eigenvalue weighted by atomic mass is 9.78. The standard InChI is InChI=1S/C16H23N3O/c1-10(2)12-5-3-4-6-13(12)17-11-7-8-14-15(9-11)19-16(20)18-14/h7-10,12-13,17H,3-6H2,1-2H3,(H2,18,19,20). The molecular weight excluding hydrogens is 250 g/mol. The van der Waals surface area contributed by atoms with Gasteiger partial charge in [-0.05, 0) is 42.9 Å². The zero-order valence-corrected chi connectivity index (χ0v) is 12.2. The molecule has 4 nitrogen and oxygen atoms in total. The van der Waals surface area contributed by atoms with E-state index in [1.54, 1.807) is 0 Å². The Labute approximate surface area is 119 Å². The van der Waals surface area contributed by atoms with Crippen molar-refractivity contribution >= 4 is 16.7 Å². The monoisotopic (exact) mass is 273 g/mol. The minimum Gasteiger partial charge on any atom is -0.382 e. The number of hydrogen-bond acceptors (Lipinski definition) is 2. The zero-order chi connectivity index (χ0) is 14.1. The third-order valence-electron chi connectivity index (χ3n) is 4.54. The van der Waals surface area contributed by atoms with E-state index in [1.165, 1.54) is 25.7 Å². The van der Waals surface area contributed by atoms with Crippen LogP contribution in [0.25, 0.3) is 11.0 Å². The molecule has 0 aliphatic heterocycles. The second-order valence-corrected chi connectivity index (χ2v) is 6.28. The van der Waals surface area contributed by atoms with Crippen molar-refractivity contribution in [1.82, 2.24) is 9.97 Å². The topological polar surface area (TPSA) is 60.7 Å². The summed E-state index contributed by atoms with van der Waals surface area (Å²) >= 11 is 0. The SMILES string of the molecule is CC(C)C1CCCCC1Nc1ccc2[nH]c(=O)[nH]c2c1. The maximum Gasteiger partial charge on any atom is 0.323 e. The molecule has 20 heavy (non-hydrogen) atoms. The fraction of sp³-hybridized carbons (Fsp3) is 0.562. The fourth-order valence-electron chi connectivity index (χ4n) is 3.47. The Morgan fingerprint density at radius 1 is 1.15 bits per heavy atom. The highest BCUT2D eigenvalue weighted by Crippen LogP contribution is 2.32. The number of nitrogens with one attached hydrogen (secondary N) is 3. The van der Waals surface area contributed by atoms with Crippen molar-refractivity contribution in [1.29, 1.82) is 0 Å². The van der Waals surface area contributed by atoms with Crippen LogP contribution in [0.5, 0.6) is 0 Å². The Morgan fingerprint density at radius 2 is 1.90 bits per heavy atom. The van der Waals surface area contributed by atoms with Gasteiger partial charge in [0.15, 0.2) is 0 Å². The van der Waals surface area contributed by atoms with E-state index in [-0.39, 0.29) is 5.69 Å². The Kier molecular flexibility index (Phi) is 3.55. The molecule has 0 spiro atoms. The molecule has 1 aliphatic rings. The van der Waals surface area contributed by atoms with Crippen molar-refractivity contribution < 1.29 is 0 Å². The van der Waals surface area contributed by atoms with Gasteiger partial charge in [0.1, 0.15) is 0 Å². The number of hydrogen-bond donors (Lipinski definition) is 3. The first-order chi connectivity index (χ1) is 9.63. The van der Waals surface area contributed by atoms with Crippen molar-refractivity contribution in [2.45, 2.75) is 45.6 Å². The number of aromatic nitrogens is 2. The van der Waals surface area contributed by atoms with E-state index in [2.05, 4.69) is 35.2 Å². The molecule has 0 amide bonds. The number of aromatic amines is 2. The van der Waals surface area contributed by atoms with Gasteiger partial charge in [-0.2, -0.15) is 0 Å². The van der Waals surface area contributed by atoms with Gasteiger partial charge in [-0.1, -0.05) is 26.7 Å². The van der Waals surface area contributed by atoms with Crippen LogP contribution in [-0.2, 0) is 0 Å². The molecule has 1 aromatic heterocycles. The summed E-state index contributed by atoms with van der Waals surface area (Å²) in [6.45, 7) is 4.63. The van der Waals surface area contributed by atoms with Gasteiger partial charge < -0.3 is 15.3 Å². The van der Waals surface area contributed by atoms with E-state index in [0.29, 0.717) is 12.0 Å². The molecule has 2 atom stereocenters. The largest absolute Gasteiger partial charge is 0.382 e. The van der Waals surface area contributed by atoms with Crippen LogP contribution in [0.4, 0.5) is 5.69 Å². The third-order valence-corrected chi connectivity index (χ3v) is 4.54. The molecule has 1 aromatic carbocycles. The summed E-state index contributed by atoms with van der Waals surface area (Å²) in [5, 5.41) is 3.68. The van der Waals surface area contributed by atoms with Crippen LogP contribution < -0.4 is 11.0 Å². The molecule has 0 radical (unpaired) electrons. The summed E-state index contributed by atoms with van der Waals surface area (Å²) in [6, 6.07) is 6.59. The quantitative estimate of drug-likeness (QED) is 0.801. The molecule has 1 saturated carbocycles. The number of anilines is 1. The van der Waals surface area contributed by atoms with Crippen molar-refractivity contribution in [2.75, 3.05) is 5.32 Å². The lowest BCUT2D eigenvalue weighted by Crippen LogP contribution is -2.35. The molecule has 2 aromatic rings. The number of rotatable bonds is 3. The Balaban J connectivity index is 1.82. The lowest BCUT2D eigenvalue weighted by Gasteiger charge is -2.35. The first-order valence-corrected chi connectivity index (χ1v) is 7.62. The highest BCUT2D eigenvalue weighted by Gasteiger charge is 2.27. The van der Waals surface area contributed by atoms with E-state index in [4.69, 9.17) is 0 Å². The Bertz CT molecular complexity index is 640. The van der Waals surface area contributed by atoms with Gasteiger partial charge in [-0.15, -0.1) is 0 Å². The van der Waals surface area contributed by atoms with Crippen molar-refractivity contribution in [2.24, 2.45) is 11.8 Å². The summed E-state index contributed by atoms with van der Waals surface area (Å²) in [5.74, 6) is 1.45. The number of H-pyrrole nitrogens is 2. The summed E-state index contributed by atoms with van der Waals surface area (Å²) < 4.78 is 0. The van der Waals surface area contributed by atoms with Crippen LogP contribution in [0.1, 0.15) is 39.5 Å². The summed E-state index contributed by atoms with van der Waals surface area (Å²) in [4.78, 5) is 16.9. The molecule has 1 aliphatic carbocycles. The van der Waals surface area contributed by atoms with Crippen LogP contribution >= 0.6 is 0 Å². The van der Waals surface area contributed by atoms with Crippen LogP contribution in [0.15, 0.2) is 23.0 Å². The zero-order valence-electron chi connectivity index (χ0n) is 12.2. The van der Waals surface area contributed by atoms with E-state index in [9.17, 15) is 4.79 Å². The molecular formula is C16H23N3O. The second-order valence-electron chi connectivity index (χ2n) is 6.28. The summed E-state index contributed by atoms with van der Waals surface area (Å²) in [7, 11) is 0. The van der Waals surface area contributed by atoms with Crippen molar-refractivity contribution in [3.63, 3.8) is 0 Å². The van der Waals surface area contributed by atoms with Crippen LogP contribution in [-0.4, -0.2) is 16.0 Å². The fourth-order valence-corrected chi connectivity index (χ4v) is 3.47. The van der Waals surface area contributed by atoms with E-state index in [0.717, 1.165) is 22.6 Å². The molecule has 3 N–H and O–H groups in total. The normalized spacial score (nSPS) is 23.4. The van der Waals surface area contributed by atoms with E-state index < -0.39 is 0 Å². The minimum atomic E-state index is -0.144. The number of fused-ring (bicyclic) bond motifs is 1. The number of imidazole rings is 1. The van der Waals surface area contributed by atoms with Gasteiger partial charge in [0.2, 0.25) is 0 Å². The molecule has 108 valence electrons. The van der Waals surface area contributed by atoms with Gasteiger partial charge in [0.25, 0.3) is 0 Å². The molecule has 1 fully saturated rings. The maximum absolute atomic E-state index is 11.3. The van der Waals surface area contributed by atoms with Crippen molar-refractivity contribution in [3.05, 3.63) is 28.7 Å². The highest BCUT2D eigenvalue weighted by atomic mass is 16.1. The van der Waals surface area contributed by atoms with Crippen LogP contribution in [0.3, 0.4) is 0 Å². The average Bonchev–Trinajstić information content (AvgIpc) is 2.78. The summed E-state index contributed by atoms with van der Waals surface area (Å²) in [5.41, 5.74) is 2.70. The van der Waals surface area contributed by atoms with Gasteiger partial charge in [-0.3, -0.25) is 0 Å². The van der Waals surface area contributed by atoms with Crippen LogP contribution in [0, 0.1) is 11.8 Å². The smallest absolute Gasteiger partial charge is 0.323 e. The number of benzene rings is 1. The van der Waals surface area contributed by atoms with Crippen LogP contribution in [0.2, 0.25) is 0 Å². The molecule has 4 heteroatoms. The van der Waals surface area contributed by atoms with Gasteiger partial charge in [0.05, 0.1) is 11.0 Å². The second kappa shape index (κ2) is 5.35. The Morgan fingerprint density at radius 3 is 2.70 bits per heavy atom. The highest BCUT2D eigenvalue weighted by molar-refractivity contribution is 5.78. The van der Waals surface area contributed by atoms with E-state index in [1.807, 2.05) is 12.1 Å². The first kappa shape index (κ1) is 13.3. The Hall–Kier alpha value is -1.71. The van der Waals surface area contributed by atoms with Gasteiger partial charge >= 0.3 is 5.69 Å². The molecule has 0 bridgehead atoms. The van der Waals surface area contributed by atoms with Crippen molar-refractivity contribution in [3.8, 4) is 0 Å². The summed E-state index contributed by atoms with van der Waals surface area (Å²) in [6.07, 6.45) is 5.22. The first-order valence-electron chi connectivity index (χ1n) is 7.62. The van der Waals surface area contributed by atoms with Gasteiger partial charge in [0, 0.05) is 11.7 Å². The predicted octanol–water partition coefficient (Wildman–Crippen LogP) is 3.48. The molecule has 2 unspecified atom stereocenters. The van der Waals surface area contributed by atoms with Gasteiger partial charge in [-0.25, -0.2) is 4.79 Å². The minimum absolute atomic E-state index is 0.144. The molecule has 3 rings (SSSR count). The molecule has 0 saturated heterocycles. The third kappa shape index (κ3) is 2.60. The molecule has 1 heterocycles.